The van der Waals surface area contributed by atoms with E-state index in [1.807, 2.05) is 13.8 Å². The van der Waals surface area contributed by atoms with E-state index in [1.165, 1.54) is 24.3 Å². The third-order valence-corrected chi connectivity index (χ3v) is 5.22. The molecule has 0 bridgehead atoms. The Morgan fingerprint density at radius 2 is 1.14 bits per heavy atom. The van der Waals surface area contributed by atoms with Gasteiger partial charge in [0, 0.05) is 5.69 Å². The normalized spacial score (nSPS) is 12.2. The van der Waals surface area contributed by atoms with E-state index in [4.69, 9.17) is 9.47 Å². The lowest BCUT2D eigenvalue weighted by Crippen LogP contribution is -2.48. The molecule has 0 aliphatic carbocycles. The Balaban J connectivity index is 1.91. The molecule has 0 aliphatic rings. The Labute approximate surface area is 202 Å². The third-order valence-electron chi connectivity index (χ3n) is 5.22. The number of amides is 1. The maximum Gasteiger partial charge on any atom is 0.349 e. The first kappa shape index (κ1) is 25.2. The fraction of sp³-hybridized carbons (Fsp3) is 0.185. The quantitative estimate of drug-likeness (QED) is 0.471. The number of carbonyl (C=O) groups is 4. The van der Waals surface area contributed by atoms with Gasteiger partial charge < -0.3 is 19.9 Å². The zero-order valence-corrected chi connectivity index (χ0v) is 19.5. The Bertz CT molecular complexity index is 1230. The number of carboxylic acids is 1. The van der Waals surface area contributed by atoms with Crippen molar-refractivity contribution in [2.75, 3.05) is 5.32 Å². The van der Waals surface area contributed by atoms with Crippen molar-refractivity contribution >= 4 is 29.5 Å². The Morgan fingerprint density at radius 1 is 0.686 bits per heavy atom. The van der Waals surface area contributed by atoms with Crippen molar-refractivity contribution in [3.8, 4) is 0 Å². The van der Waals surface area contributed by atoms with Crippen molar-refractivity contribution < 1.29 is 33.8 Å². The molecule has 0 saturated heterocycles. The van der Waals surface area contributed by atoms with Crippen LogP contribution in [0.4, 0.5) is 5.69 Å². The van der Waals surface area contributed by atoms with Crippen molar-refractivity contribution in [3.05, 3.63) is 101 Å². The largest absolute Gasteiger partial charge is 0.478 e. The number of nitrogens with one attached hydrogen (secondary N) is 1. The van der Waals surface area contributed by atoms with E-state index in [9.17, 15) is 24.3 Å². The molecule has 8 nitrogen and oxygen atoms in total. The van der Waals surface area contributed by atoms with Gasteiger partial charge in [0.25, 0.3) is 5.91 Å². The van der Waals surface area contributed by atoms with Crippen LogP contribution in [0.5, 0.6) is 0 Å². The topological polar surface area (TPSA) is 119 Å². The fourth-order valence-electron chi connectivity index (χ4n) is 3.16. The lowest BCUT2D eigenvalue weighted by molar-refractivity contribution is -0.157. The molecule has 3 aromatic rings. The molecule has 2 atom stereocenters. The van der Waals surface area contributed by atoms with E-state index in [0.717, 1.165) is 11.1 Å². The second kappa shape index (κ2) is 11.1. The molecule has 0 spiro atoms. The molecule has 2 N–H and O–H groups in total. The molecule has 2 unspecified atom stereocenters. The zero-order valence-electron chi connectivity index (χ0n) is 19.5. The number of benzene rings is 3. The number of ether oxygens (including phenoxy) is 2. The fourth-order valence-corrected chi connectivity index (χ4v) is 3.16. The summed E-state index contributed by atoms with van der Waals surface area (Å²) in [5, 5.41) is 12.4. The predicted octanol–water partition coefficient (Wildman–Crippen LogP) is 4.09. The van der Waals surface area contributed by atoms with Gasteiger partial charge in [0.05, 0.1) is 11.1 Å². The molecule has 1 amide bonds. The number of rotatable bonds is 8. The van der Waals surface area contributed by atoms with E-state index >= 15 is 0 Å². The highest BCUT2D eigenvalue weighted by Crippen LogP contribution is 2.18. The van der Waals surface area contributed by atoms with E-state index < -0.39 is 36.0 Å². The highest BCUT2D eigenvalue weighted by Gasteiger charge is 2.41. The van der Waals surface area contributed by atoms with Gasteiger partial charge >= 0.3 is 17.9 Å². The Morgan fingerprint density at radius 3 is 1.60 bits per heavy atom. The molecular weight excluding hydrogens is 450 g/mol. The minimum Gasteiger partial charge on any atom is -0.478 e. The number of para-hydroxylation sites is 1. The summed E-state index contributed by atoms with van der Waals surface area (Å²) in [6, 6.07) is 19.4. The summed E-state index contributed by atoms with van der Waals surface area (Å²) in [6.07, 6.45) is -4.06. The van der Waals surface area contributed by atoms with Crippen molar-refractivity contribution in [1.82, 2.24) is 0 Å². The number of hydrogen-bond donors (Lipinski definition) is 2. The van der Waals surface area contributed by atoms with Crippen molar-refractivity contribution in [2.45, 2.75) is 33.0 Å². The second-order valence-electron chi connectivity index (χ2n) is 8.03. The smallest absolute Gasteiger partial charge is 0.349 e. The van der Waals surface area contributed by atoms with Crippen LogP contribution in [-0.2, 0) is 19.1 Å². The minimum absolute atomic E-state index is 0.0878. The summed E-state index contributed by atoms with van der Waals surface area (Å²) in [7, 11) is 0. The Kier molecular flexibility index (Phi) is 7.99. The van der Waals surface area contributed by atoms with Crippen molar-refractivity contribution in [3.63, 3.8) is 0 Å². The van der Waals surface area contributed by atoms with Gasteiger partial charge in [0.1, 0.15) is 0 Å². The van der Waals surface area contributed by atoms with Crippen molar-refractivity contribution in [1.29, 1.82) is 0 Å². The molecule has 0 aromatic heterocycles. The van der Waals surface area contributed by atoms with Gasteiger partial charge in [-0.1, -0.05) is 53.6 Å². The van der Waals surface area contributed by atoms with E-state index in [-0.39, 0.29) is 11.1 Å². The average molecular weight is 475 g/mol. The molecule has 35 heavy (non-hydrogen) atoms. The van der Waals surface area contributed by atoms with E-state index in [1.54, 1.807) is 55.5 Å². The summed E-state index contributed by atoms with van der Waals surface area (Å²) >= 11 is 0. The number of aliphatic carboxylic acids is 1. The molecule has 180 valence electrons. The van der Waals surface area contributed by atoms with Gasteiger partial charge in [-0.2, -0.15) is 0 Å². The average Bonchev–Trinajstić information content (AvgIpc) is 2.83. The van der Waals surface area contributed by atoms with Crippen LogP contribution in [0.1, 0.15) is 37.4 Å². The van der Waals surface area contributed by atoms with Crippen LogP contribution >= 0.6 is 0 Å². The SMILES string of the molecule is Cc1ccc(C(=O)OC(C(=O)O)C(OC(=O)c2ccc(C)cc2)C(=O)Nc2ccccc2C)cc1. The second-order valence-corrected chi connectivity index (χ2v) is 8.03. The summed E-state index contributed by atoms with van der Waals surface area (Å²) in [4.78, 5) is 50.7. The number of anilines is 1. The molecule has 0 heterocycles. The lowest BCUT2D eigenvalue weighted by atomic mass is 10.1. The van der Waals surface area contributed by atoms with Crippen molar-refractivity contribution in [2.24, 2.45) is 0 Å². The van der Waals surface area contributed by atoms with Gasteiger partial charge in [-0.25, -0.2) is 14.4 Å². The van der Waals surface area contributed by atoms with Crippen LogP contribution in [0.15, 0.2) is 72.8 Å². The molecule has 3 aromatic carbocycles. The molecule has 8 heteroatoms. The molecule has 3 rings (SSSR count). The van der Waals surface area contributed by atoms with Crippen LogP contribution < -0.4 is 5.32 Å². The monoisotopic (exact) mass is 475 g/mol. The van der Waals surface area contributed by atoms with E-state index in [2.05, 4.69) is 5.32 Å². The summed E-state index contributed by atoms with van der Waals surface area (Å²) in [5.41, 5.74) is 3.07. The van der Waals surface area contributed by atoms with Gasteiger partial charge in [0.2, 0.25) is 12.2 Å². The standard InChI is InChI=1S/C27H25NO7/c1-16-8-12-19(13-9-16)26(32)34-22(24(29)28-21-7-5-4-6-18(21)3)23(25(30)31)35-27(33)20-14-10-17(2)11-15-20/h4-15,22-23H,1-3H3,(H,28,29)(H,30,31). The van der Waals surface area contributed by atoms with Crippen LogP contribution in [0.3, 0.4) is 0 Å². The summed E-state index contributed by atoms with van der Waals surface area (Å²) in [5.74, 6) is -4.51. The van der Waals surface area contributed by atoms with Gasteiger partial charge in [-0.05, 0) is 56.7 Å². The first-order valence-corrected chi connectivity index (χ1v) is 10.8. The lowest BCUT2D eigenvalue weighted by Gasteiger charge is -2.24. The maximum atomic E-state index is 13.2. The van der Waals surface area contributed by atoms with Crippen LogP contribution in [-0.4, -0.2) is 41.1 Å². The first-order chi connectivity index (χ1) is 16.7. The number of esters is 2. The van der Waals surface area contributed by atoms with Gasteiger partial charge in [-0.15, -0.1) is 0 Å². The number of carbonyl (C=O) groups excluding carboxylic acids is 3. The molecule has 0 radical (unpaired) electrons. The highest BCUT2D eigenvalue weighted by atomic mass is 16.6. The molecule has 0 aliphatic heterocycles. The number of aryl methyl sites for hydroxylation is 3. The van der Waals surface area contributed by atoms with Crippen LogP contribution in [0, 0.1) is 20.8 Å². The third kappa shape index (κ3) is 6.54. The Hall–Kier alpha value is -4.46. The summed E-state index contributed by atoms with van der Waals surface area (Å²) in [6.45, 7) is 5.40. The van der Waals surface area contributed by atoms with E-state index in [0.29, 0.717) is 11.3 Å². The summed E-state index contributed by atoms with van der Waals surface area (Å²) < 4.78 is 10.5. The predicted molar refractivity (Wildman–Crippen MR) is 128 cm³/mol. The van der Waals surface area contributed by atoms with Crippen LogP contribution in [0.2, 0.25) is 0 Å². The molecule has 0 saturated carbocycles. The minimum atomic E-state index is -2.10. The zero-order chi connectivity index (χ0) is 25.5. The molecule has 0 fully saturated rings. The van der Waals surface area contributed by atoms with Crippen LogP contribution in [0.25, 0.3) is 0 Å². The first-order valence-electron chi connectivity index (χ1n) is 10.8. The number of carboxylic acid groups (broad SMARTS) is 1. The van der Waals surface area contributed by atoms with Gasteiger partial charge in [0.15, 0.2) is 0 Å². The number of hydrogen-bond acceptors (Lipinski definition) is 6. The van der Waals surface area contributed by atoms with Gasteiger partial charge in [-0.3, -0.25) is 4.79 Å². The maximum absolute atomic E-state index is 13.2. The highest BCUT2D eigenvalue weighted by molar-refractivity contribution is 6.01. The molecular formula is C27H25NO7.